The van der Waals surface area contributed by atoms with Crippen LogP contribution in [0.4, 0.5) is 4.39 Å². The molecular weight excluding hydrogens is 423 g/mol. The van der Waals surface area contributed by atoms with E-state index < -0.39 is 5.82 Å². The maximum Gasteiger partial charge on any atom is 0.220 e. The van der Waals surface area contributed by atoms with Gasteiger partial charge in [0.1, 0.15) is 10.8 Å². The minimum atomic E-state index is -0.392. The first-order valence-electron chi connectivity index (χ1n) is 10.2. The third kappa shape index (κ3) is 5.53. The fourth-order valence-electron chi connectivity index (χ4n) is 3.21. The number of carbonyl (C=O) groups excluding carboxylic acids is 2. The van der Waals surface area contributed by atoms with Crippen LogP contribution >= 0.6 is 11.3 Å². The monoisotopic (exact) mass is 444 g/mol. The van der Waals surface area contributed by atoms with Crippen molar-refractivity contribution in [3.8, 4) is 21.8 Å². The zero-order valence-electron chi connectivity index (χ0n) is 17.3. The predicted molar refractivity (Wildman–Crippen MR) is 125 cm³/mol. The second-order valence-corrected chi connectivity index (χ2v) is 8.17. The van der Waals surface area contributed by atoms with E-state index >= 15 is 0 Å². The summed E-state index contributed by atoms with van der Waals surface area (Å²) in [7, 11) is 0. The molecule has 6 heteroatoms. The van der Waals surface area contributed by atoms with Gasteiger partial charge in [0.05, 0.1) is 5.69 Å². The van der Waals surface area contributed by atoms with E-state index in [-0.39, 0.29) is 24.5 Å². The molecule has 1 N–H and O–H groups in total. The molecule has 0 aliphatic rings. The average molecular weight is 445 g/mol. The number of hydrogen-bond acceptors (Lipinski definition) is 4. The fourth-order valence-corrected chi connectivity index (χ4v) is 4.04. The maximum atomic E-state index is 12.9. The molecule has 1 aromatic heterocycles. The molecule has 4 nitrogen and oxygen atoms in total. The van der Waals surface area contributed by atoms with Crippen LogP contribution in [-0.2, 0) is 11.3 Å². The van der Waals surface area contributed by atoms with Gasteiger partial charge in [0.2, 0.25) is 5.91 Å². The van der Waals surface area contributed by atoms with Crippen LogP contribution in [0.15, 0.2) is 84.2 Å². The van der Waals surface area contributed by atoms with Crippen LogP contribution in [-0.4, -0.2) is 16.7 Å². The van der Waals surface area contributed by atoms with Crippen molar-refractivity contribution in [2.75, 3.05) is 0 Å². The summed E-state index contributed by atoms with van der Waals surface area (Å²) in [5.41, 5.74) is 4.45. The van der Waals surface area contributed by atoms with Crippen LogP contribution in [0.1, 0.15) is 28.8 Å². The minimum absolute atomic E-state index is 0.0875. The average Bonchev–Trinajstić information content (AvgIpc) is 3.33. The highest BCUT2D eigenvalue weighted by Crippen LogP contribution is 2.28. The van der Waals surface area contributed by atoms with Crippen molar-refractivity contribution in [3.05, 3.63) is 101 Å². The number of rotatable bonds is 8. The van der Waals surface area contributed by atoms with Crippen LogP contribution in [0.3, 0.4) is 0 Å². The molecule has 32 heavy (non-hydrogen) atoms. The van der Waals surface area contributed by atoms with Crippen molar-refractivity contribution in [1.82, 2.24) is 10.3 Å². The molecule has 3 aromatic carbocycles. The topological polar surface area (TPSA) is 59.1 Å². The molecule has 0 atom stereocenters. The molecule has 0 radical (unpaired) electrons. The molecule has 0 saturated carbocycles. The Labute approximate surface area is 189 Å². The second-order valence-electron chi connectivity index (χ2n) is 7.31. The number of halogens is 1. The highest BCUT2D eigenvalue weighted by Gasteiger charge is 2.10. The zero-order valence-corrected chi connectivity index (χ0v) is 18.1. The van der Waals surface area contributed by atoms with Gasteiger partial charge in [-0.1, -0.05) is 54.6 Å². The smallest absolute Gasteiger partial charge is 0.220 e. The lowest BCUT2D eigenvalue weighted by Gasteiger charge is -2.06. The first-order chi connectivity index (χ1) is 15.6. The van der Waals surface area contributed by atoms with Crippen molar-refractivity contribution in [3.63, 3.8) is 0 Å². The molecule has 0 fully saturated rings. The SMILES string of the molecule is O=C(CCC(=O)c1ccc(F)cc1)NCc1ccc(-c2nc(-c3ccccc3)cs2)cc1. The first-order valence-corrected chi connectivity index (χ1v) is 11.1. The van der Waals surface area contributed by atoms with E-state index in [1.165, 1.54) is 24.3 Å². The fraction of sp³-hybridized carbons (Fsp3) is 0.115. The van der Waals surface area contributed by atoms with Gasteiger partial charge in [0.15, 0.2) is 5.78 Å². The molecule has 4 aromatic rings. The van der Waals surface area contributed by atoms with Crippen molar-refractivity contribution < 1.29 is 14.0 Å². The Morgan fingerprint density at radius 3 is 2.28 bits per heavy atom. The molecule has 0 aliphatic heterocycles. The van der Waals surface area contributed by atoms with Gasteiger partial charge in [0.25, 0.3) is 0 Å². The number of thiazole rings is 1. The van der Waals surface area contributed by atoms with Gasteiger partial charge in [-0.05, 0) is 29.8 Å². The Morgan fingerprint density at radius 1 is 0.844 bits per heavy atom. The summed E-state index contributed by atoms with van der Waals surface area (Å²) in [5, 5.41) is 5.83. The molecule has 1 heterocycles. The van der Waals surface area contributed by atoms with Gasteiger partial charge in [-0.15, -0.1) is 11.3 Å². The Kier molecular flexibility index (Phi) is 6.82. The lowest BCUT2D eigenvalue weighted by Crippen LogP contribution is -2.23. The van der Waals surface area contributed by atoms with Gasteiger partial charge in [-0.2, -0.15) is 0 Å². The van der Waals surface area contributed by atoms with Crippen LogP contribution in [0.2, 0.25) is 0 Å². The number of hydrogen-bond donors (Lipinski definition) is 1. The highest BCUT2D eigenvalue weighted by atomic mass is 32.1. The summed E-state index contributed by atoms with van der Waals surface area (Å²) >= 11 is 1.60. The van der Waals surface area contributed by atoms with E-state index in [9.17, 15) is 14.0 Å². The molecule has 4 rings (SSSR count). The van der Waals surface area contributed by atoms with E-state index in [4.69, 9.17) is 4.98 Å². The van der Waals surface area contributed by atoms with E-state index in [1.807, 2.05) is 60.0 Å². The van der Waals surface area contributed by atoms with Crippen molar-refractivity contribution >= 4 is 23.0 Å². The largest absolute Gasteiger partial charge is 0.352 e. The second kappa shape index (κ2) is 10.1. The molecule has 0 spiro atoms. The number of Topliss-reactive ketones (excluding diaryl/α,β-unsaturated/α-hetero) is 1. The van der Waals surface area contributed by atoms with Crippen LogP contribution < -0.4 is 5.32 Å². The third-order valence-electron chi connectivity index (χ3n) is 5.01. The van der Waals surface area contributed by atoms with Crippen LogP contribution in [0.5, 0.6) is 0 Å². The lowest BCUT2D eigenvalue weighted by molar-refractivity contribution is -0.121. The molecule has 0 unspecified atom stereocenters. The summed E-state index contributed by atoms with van der Waals surface area (Å²) in [6.07, 6.45) is 0.180. The normalized spacial score (nSPS) is 10.7. The number of carbonyl (C=O) groups is 2. The minimum Gasteiger partial charge on any atom is -0.352 e. The summed E-state index contributed by atoms with van der Waals surface area (Å²) in [4.78, 5) is 28.9. The third-order valence-corrected chi connectivity index (χ3v) is 5.90. The van der Waals surface area contributed by atoms with Gasteiger partial charge < -0.3 is 5.32 Å². The number of aromatic nitrogens is 1. The molecule has 1 amide bonds. The number of nitrogens with zero attached hydrogens (tertiary/aromatic N) is 1. The summed E-state index contributed by atoms with van der Waals surface area (Å²) in [6.45, 7) is 0.386. The molecule has 0 bridgehead atoms. The Hall–Kier alpha value is -3.64. The maximum absolute atomic E-state index is 12.9. The van der Waals surface area contributed by atoms with E-state index in [1.54, 1.807) is 11.3 Å². The molecular formula is C26H21FN2O2S. The summed E-state index contributed by atoms with van der Waals surface area (Å²) < 4.78 is 12.9. The predicted octanol–water partition coefficient (Wildman–Crippen LogP) is 5.90. The van der Waals surface area contributed by atoms with E-state index in [2.05, 4.69) is 5.32 Å². The number of benzene rings is 3. The van der Waals surface area contributed by atoms with Gasteiger partial charge in [-0.25, -0.2) is 9.37 Å². The van der Waals surface area contributed by atoms with Crippen molar-refractivity contribution in [1.29, 1.82) is 0 Å². The van der Waals surface area contributed by atoms with Gasteiger partial charge in [-0.3, -0.25) is 9.59 Å². The van der Waals surface area contributed by atoms with Crippen molar-refractivity contribution in [2.45, 2.75) is 19.4 Å². The van der Waals surface area contributed by atoms with Gasteiger partial charge in [0, 0.05) is 41.5 Å². The van der Waals surface area contributed by atoms with E-state index in [0.717, 1.165) is 27.4 Å². The van der Waals surface area contributed by atoms with Crippen LogP contribution in [0.25, 0.3) is 21.8 Å². The highest BCUT2D eigenvalue weighted by molar-refractivity contribution is 7.13. The lowest BCUT2D eigenvalue weighted by atomic mass is 10.1. The number of nitrogens with one attached hydrogen (secondary N) is 1. The van der Waals surface area contributed by atoms with Gasteiger partial charge >= 0.3 is 0 Å². The molecule has 0 aliphatic carbocycles. The van der Waals surface area contributed by atoms with Crippen LogP contribution in [0, 0.1) is 5.82 Å². The number of ketones is 1. The standard InChI is InChI=1S/C26H21FN2O2S/c27-22-12-10-20(11-13-22)24(30)14-15-25(31)28-16-18-6-8-21(9-7-18)26-29-23(17-32-26)19-4-2-1-3-5-19/h1-13,17H,14-16H2,(H,28,31). The number of amides is 1. The Morgan fingerprint density at radius 2 is 1.56 bits per heavy atom. The van der Waals surface area contributed by atoms with E-state index in [0.29, 0.717) is 12.1 Å². The molecule has 0 saturated heterocycles. The molecule has 160 valence electrons. The van der Waals surface area contributed by atoms with Crippen molar-refractivity contribution in [2.24, 2.45) is 0 Å². The summed E-state index contributed by atoms with van der Waals surface area (Å²) in [5.74, 6) is -0.767. The first kappa shape index (κ1) is 21.6. The zero-order chi connectivity index (χ0) is 22.3. The Bertz CT molecular complexity index is 1200. The summed E-state index contributed by atoms with van der Waals surface area (Å²) in [6, 6.07) is 23.3. The Balaban J connectivity index is 1.27. The quantitative estimate of drug-likeness (QED) is 0.345.